The summed E-state index contributed by atoms with van der Waals surface area (Å²) in [5.74, 6) is 1.47. The zero-order valence-corrected chi connectivity index (χ0v) is 22.6. The van der Waals surface area contributed by atoms with Gasteiger partial charge in [0.2, 0.25) is 11.8 Å². The van der Waals surface area contributed by atoms with Crippen LogP contribution in [-0.4, -0.2) is 35.1 Å². The smallest absolute Gasteiger partial charge is 0.243 e. The molecular weight excluding hydrogens is 520 g/mol. The summed E-state index contributed by atoms with van der Waals surface area (Å²) >= 11 is 5.27. The topological polar surface area (TPSA) is 49.4 Å². The molecule has 0 aromatic heterocycles. The molecule has 3 aromatic carbocycles. The van der Waals surface area contributed by atoms with Crippen molar-refractivity contribution in [1.29, 1.82) is 0 Å². The first-order chi connectivity index (χ1) is 17.1. The highest BCUT2D eigenvalue weighted by Crippen LogP contribution is 2.20. The van der Waals surface area contributed by atoms with Gasteiger partial charge >= 0.3 is 0 Å². The van der Waals surface area contributed by atoms with E-state index in [0.29, 0.717) is 31.7 Å². The molecule has 0 aliphatic carbocycles. The second kappa shape index (κ2) is 14.7. The molecule has 0 radical (unpaired) electrons. The summed E-state index contributed by atoms with van der Waals surface area (Å²) in [6.45, 7) is 3.01. The Labute approximate surface area is 221 Å². The average molecular weight is 554 g/mol. The number of benzene rings is 3. The van der Waals surface area contributed by atoms with Crippen LogP contribution in [0.4, 0.5) is 0 Å². The van der Waals surface area contributed by atoms with E-state index in [4.69, 9.17) is 0 Å². The molecule has 0 saturated heterocycles. The van der Waals surface area contributed by atoms with Crippen molar-refractivity contribution in [3.8, 4) is 0 Å². The molecule has 4 nitrogen and oxygen atoms in total. The van der Waals surface area contributed by atoms with Crippen LogP contribution < -0.4 is 5.32 Å². The van der Waals surface area contributed by atoms with Gasteiger partial charge in [0.05, 0.1) is 0 Å². The van der Waals surface area contributed by atoms with E-state index in [-0.39, 0.29) is 11.8 Å². The molecular formula is C29H33BrN2O2S. The summed E-state index contributed by atoms with van der Waals surface area (Å²) in [4.78, 5) is 28.6. The Morgan fingerprint density at radius 3 is 2.23 bits per heavy atom. The van der Waals surface area contributed by atoms with E-state index in [2.05, 4.69) is 33.4 Å². The molecule has 0 bridgehead atoms. The molecule has 0 fully saturated rings. The zero-order chi connectivity index (χ0) is 24.9. The molecule has 6 heteroatoms. The number of hydrogen-bond donors (Lipinski definition) is 1. The van der Waals surface area contributed by atoms with Gasteiger partial charge in [0.1, 0.15) is 6.04 Å². The lowest BCUT2D eigenvalue weighted by atomic mass is 10.0. The standard InChI is InChI=1S/C29H33BrN2O2S/c1-2-17-31-29(34)27(20-23-10-5-3-6-11-23)32(21-25-14-9-15-26(30)19-25)28(33)16-18-35-22-24-12-7-4-8-13-24/h3-15,19,27H,2,16-18,20-22H2,1H3,(H,31,34)/t27-/m1/s1. The maximum Gasteiger partial charge on any atom is 0.243 e. The molecule has 2 amide bonds. The lowest BCUT2D eigenvalue weighted by Crippen LogP contribution is -2.50. The van der Waals surface area contributed by atoms with Gasteiger partial charge in [0.15, 0.2) is 0 Å². The van der Waals surface area contributed by atoms with Gasteiger partial charge in [-0.05, 0) is 35.2 Å². The molecule has 1 atom stereocenters. The van der Waals surface area contributed by atoms with Gasteiger partial charge in [0.25, 0.3) is 0 Å². The number of nitrogens with zero attached hydrogens (tertiary/aromatic N) is 1. The number of nitrogens with one attached hydrogen (secondary N) is 1. The summed E-state index contributed by atoms with van der Waals surface area (Å²) in [6, 6.07) is 27.5. The molecule has 184 valence electrons. The quantitative estimate of drug-likeness (QED) is 0.255. The number of amides is 2. The van der Waals surface area contributed by atoms with Crippen LogP contribution in [-0.2, 0) is 28.3 Å². The van der Waals surface area contributed by atoms with Crippen molar-refractivity contribution in [2.75, 3.05) is 12.3 Å². The molecule has 0 aliphatic rings. The highest BCUT2D eigenvalue weighted by atomic mass is 79.9. The third-order valence-corrected chi connectivity index (χ3v) is 7.16. The number of hydrogen-bond acceptors (Lipinski definition) is 3. The van der Waals surface area contributed by atoms with E-state index in [1.165, 1.54) is 5.56 Å². The summed E-state index contributed by atoms with van der Waals surface area (Å²) in [6.07, 6.45) is 1.71. The fourth-order valence-electron chi connectivity index (χ4n) is 3.82. The number of carbonyl (C=O) groups excluding carboxylic acids is 2. The van der Waals surface area contributed by atoms with Crippen molar-refractivity contribution in [3.05, 3.63) is 106 Å². The van der Waals surface area contributed by atoms with Crippen LogP contribution in [0, 0.1) is 0 Å². The van der Waals surface area contributed by atoms with E-state index in [1.807, 2.05) is 79.7 Å². The Balaban J connectivity index is 1.78. The highest BCUT2D eigenvalue weighted by Gasteiger charge is 2.30. The summed E-state index contributed by atoms with van der Waals surface area (Å²) < 4.78 is 0.954. The lowest BCUT2D eigenvalue weighted by molar-refractivity contribution is -0.141. The van der Waals surface area contributed by atoms with Crippen LogP contribution in [0.1, 0.15) is 36.5 Å². The normalized spacial score (nSPS) is 11.6. The van der Waals surface area contributed by atoms with E-state index in [0.717, 1.165) is 27.8 Å². The predicted molar refractivity (Wildman–Crippen MR) is 149 cm³/mol. The SMILES string of the molecule is CCCNC(=O)[C@@H](Cc1ccccc1)N(Cc1cccc(Br)c1)C(=O)CCSCc1ccccc1. The van der Waals surface area contributed by atoms with E-state index in [9.17, 15) is 9.59 Å². The van der Waals surface area contributed by atoms with E-state index in [1.54, 1.807) is 16.7 Å². The van der Waals surface area contributed by atoms with Crippen LogP contribution in [0.15, 0.2) is 89.4 Å². The Morgan fingerprint density at radius 2 is 1.57 bits per heavy atom. The molecule has 0 saturated carbocycles. The van der Waals surface area contributed by atoms with Crippen LogP contribution >= 0.6 is 27.7 Å². The van der Waals surface area contributed by atoms with Gasteiger partial charge in [-0.3, -0.25) is 9.59 Å². The van der Waals surface area contributed by atoms with Gasteiger partial charge in [0, 0.05) is 41.9 Å². The first-order valence-corrected chi connectivity index (χ1v) is 14.0. The molecule has 35 heavy (non-hydrogen) atoms. The van der Waals surface area contributed by atoms with Crippen LogP contribution in [0.25, 0.3) is 0 Å². The van der Waals surface area contributed by atoms with E-state index >= 15 is 0 Å². The third kappa shape index (κ3) is 9.19. The van der Waals surface area contributed by atoms with Crippen molar-refractivity contribution < 1.29 is 9.59 Å². The Hall–Kier alpha value is -2.57. The first kappa shape index (κ1) is 27.0. The monoisotopic (exact) mass is 552 g/mol. The second-order valence-corrected chi connectivity index (χ2v) is 10.5. The Morgan fingerprint density at radius 1 is 0.914 bits per heavy atom. The lowest BCUT2D eigenvalue weighted by Gasteiger charge is -2.31. The summed E-state index contributed by atoms with van der Waals surface area (Å²) in [7, 11) is 0. The van der Waals surface area contributed by atoms with Crippen molar-refractivity contribution in [2.24, 2.45) is 0 Å². The predicted octanol–water partition coefficient (Wildman–Crippen LogP) is 6.24. The largest absolute Gasteiger partial charge is 0.354 e. The zero-order valence-electron chi connectivity index (χ0n) is 20.2. The number of carbonyl (C=O) groups is 2. The summed E-state index contributed by atoms with van der Waals surface area (Å²) in [5.41, 5.74) is 3.28. The molecule has 3 aromatic rings. The number of halogens is 1. The van der Waals surface area contributed by atoms with Gasteiger partial charge < -0.3 is 10.2 Å². The minimum atomic E-state index is -0.574. The van der Waals surface area contributed by atoms with Gasteiger partial charge in [-0.25, -0.2) is 0 Å². The highest BCUT2D eigenvalue weighted by molar-refractivity contribution is 9.10. The molecule has 0 heterocycles. The molecule has 0 unspecified atom stereocenters. The number of rotatable bonds is 13. The molecule has 1 N–H and O–H groups in total. The summed E-state index contributed by atoms with van der Waals surface area (Å²) in [5, 5.41) is 3.03. The maximum atomic E-state index is 13.6. The van der Waals surface area contributed by atoms with E-state index < -0.39 is 6.04 Å². The average Bonchev–Trinajstić information content (AvgIpc) is 2.88. The fourth-order valence-corrected chi connectivity index (χ4v) is 5.16. The van der Waals surface area contributed by atoms with Crippen molar-refractivity contribution >= 4 is 39.5 Å². The Kier molecular flexibility index (Phi) is 11.4. The van der Waals surface area contributed by atoms with Gasteiger partial charge in [-0.15, -0.1) is 0 Å². The maximum absolute atomic E-state index is 13.6. The third-order valence-electron chi connectivity index (χ3n) is 5.63. The van der Waals surface area contributed by atoms with Crippen LogP contribution in [0.5, 0.6) is 0 Å². The molecule has 0 spiro atoms. The number of thioether (sulfide) groups is 1. The molecule has 3 rings (SSSR count). The van der Waals surface area contributed by atoms with Crippen molar-refractivity contribution in [3.63, 3.8) is 0 Å². The van der Waals surface area contributed by atoms with Crippen molar-refractivity contribution in [2.45, 2.75) is 44.5 Å². The first-order valence-electron chi connectivity index (χ1n) is 12.0. The van der Waals surface area contributed by atoms with Gasteiger partial charge in [-0.2, -0.15) is 11.8 Å². The minimum absolute atomic E-state index is 0.00174. The van der Waals surface area contributed by atoms with Gasteiger partial charge in [-0.1, -0.05) is 95.7 Å². The second-order valence-electron chi connectivity index (χ2n) is 8.44. The van der Waals surface area contributed by atoms with Crippen molar-refractivity contribution in [1.82, 2.24) is 10.2 Å². The fraction of sp³-hybridized carbons (Fsp3) is 0.310. The molecule has 0 aliphatic heterocycles. The minimum Gasteiger partial charge on any atom is -0.354 e. The Bertz CT molecular complexity index is 1060. The van der Waals surface area contributed by atoms with Crippen LogP contribution in [0.2, 0.25) is 0 Å². The van der Waals surface area contributed by atoms with Crippen LogP contribution in [0.3, 0.4) is 0 Å².